The van der Waals surface area contributed by atoms with Crippen LogP contribution in [0.3, 0.4) is 0 Å². The molecule has 164 valence electrons. The van der Waals surface area contributed by atoms with Crippen molar-refractivity contribution in [1.29, 1.82) is 0 Å². The van der Waals surface area contributed by atoms with Gasteiger partial charge >= 0.3 is 0 Å². The highest BCUT2D eigenvalue weighted by molar-refractivity contribution is 6.32. The largest absolute Gasteiger partial charge is 0.489 e. The number of pyridine rings is 1. The Morgan fingerprint density at radius 2 is 1.84 bits per heavy atom. The minimum absolute atomic E-state index is 0.00452. The van der Waals surface area contributed by atoms with Crippen LogP contribution < -0.4 is 16.0 Å². The van der Waals surface area contributed by atoms with Gasteiger partial charge < -0.3 is 15.5 Å². The molecular weight excluding hydrogens is 415 g/mol. The molecule has 1 atom stereocenters. The highest BCUT2D eigenvalue weighted by Gasteiger charge is 2.43. The number of hydrogen-bond acceptors (Lipinski definition) is 3. The Kier molecular flexibility index (Phi) is 6.09. The number of benzene rings is 2. The average Bonchev–Trinajstić information content (AvgIpc) is 2.76. The zero-order valence-electron chi connectivity index (χ0n) is 17.8. The third kappa shape index (κ3) is 4.21. The van der Waals surface area contributed by atoms with Gasteiger partial charge in [-0.1, -0.05) is 37.6 Å². The first-order chi connectivity index (χ1) is 14.8. The summed E-state index contributed by atoms with van der Waals surface area (Å²) in [5.41, 5.74) is 7.42. The fraction of sp³-hybridized carbons (Fsp3) is 0.400. The molecule has 3 N–H and O–H groups in total. The Balaban J connectivity index is 1.56. The topological polar surface area (TPSA) is 68.1 Å². The van der Waals surface area contributed by atoms with E-state index in [4.69, 9.17) is 22.1 Å². The van der Waals surface area contributed by atoms with E-state index in [9.17, 15) is 9.18 Å². The number of aromatic nitrogens is 1. The standard InChI is InChI=1S/C25H28ClFN2O2/c1-15(2)23(28)25(17-3-5-18(27)6-4-17)10-7-19(8-11-25)31-22-13-16-9-12-29-24(30)20(16)14-21(22)26/h3-6,9,12-15,19,23H,7-8,10-11,28H2,1-2H3,(H,29,30)/t19?,23-,25?/m0/s1. The average molecular weight is 443 g/mol. The molecular formula is C25H28ClFN2O2. The third-order valence-electron chi connectivity index (χ3n) is 6.72. The molecule has 4 rings (SSSR count). The minimum Gasteiger partial charge on any atom is -0.489 e. The Morgan fingerprint density at radius 1 is 1.16 bits per heavy atom. The number of ether oxygens (including phenoxy) is 1. The van der Waals surface area contributed by atoms with Crippen LogP contribution in [0.25, 0.3) is 10.8 Å². The molecule has 31 heavy (non-hydrogen) atoms. The van der Waals surface area contributed by atoms with Crippen LogP contribution >= 0.6 is 11.6 Å². The molecule has 6 heteroatoms. The van der Waals surface area contributed by atoms with E-state index in [1.165, 1.54) is 12.1 Å². The lowest BCUT2D eigenvalue weighted by molar-refractivity contribution is 0.0958. The number of nitrogens with one attached hydrogen (secondary N) is 1. The van der Waals surface area contributed by atoms with Crippen molar-refractivity contribution in [2.45, 2.75) is 57.1 Å². The molecule has 1 aromatic heterocycles. The highest BCUT2D eigenvalue weighted by Crippen LogP contribution is 2.45. The molecule has 0 aliphatic heterocycles. The molecule has 0 spiro atoms. The summed E-state index contributed by atoms with van der Waals surface area (Å²) in [5.74, 6) is 0.654. The van der Waals surface area contributed by atoms with Crippen molar-refractivity contribution in [2.24, 2.45) is 11.7 Å². The van der Waals surface area contributed by atoms with Crippen LogP contribution in [-0.4, -0.2) is 17.1 Å². The summed E-state index contributed by atoms with van der Waals surface area (Å²) in [4.78, 5) is 14.6. The van der Waals surface area contributed by atoms with Gasteiger partial charge in [-0.2, -0.15) is 0 Å². The molecule has 0 saturated heterocycles. The van der Waals surface area contributed by atoms with E-state index in [1.807, 2.05) is 24.3 Å². The van der Waals surface area contributed by atoms with Gasteiger partial charge in [0.1, 0.15) is 11.6 Å². The lowest BCUT2D eigenvalue weighted by Gasteiger charge is -2.46. The van der Waals surface area contributed by atoms with Gasteiger partial charge in [-0.3, -0.25) is 4.79 Å². The smallest absolute Gasteiger partial charge is 0.255 e. The van der Waals surface area contributed by atoms with Gasteiger partial charge in [0.15, 0.2) is 0 Å². The maximum absolute atomic E-state index is 13.5. The summed E-state index contributed by atoms with van der Waals surface area (Å²) in [6.07, 6.45) is 4.97. The zero-order chi connectivity index (χ0) is 22.2. The van der Waals surface area contributed by atoms with Crippen molar-refractivity contribution >= 4 is 22.4 Å². The van der Waals surface area contributed by atoms with E-state index in [0.717, 1.165) is 36.6 Å². The number of rotatable bonds is 5. The lowest BCUT2D eigenvalue weighted by atomic mass is 9.62. The van der Waals surface area contributed by atoms with Crippen molar-refractivity contribution in [3.8, 4) is 5.75 Å². The first-order valence-corrected chi connectivity index (χ1v) is 11.2. The molecule has 1 heterocycles. The van der Waals surface area contributed by atoms with Crippen molar-refractivity contribution in [3.63, 3.8) is 0 Å². The van der Waals surface area contributed by atoms with E-state index < -0.39 is 0 Å². The maximum Gasteiger partial charge on any atom is 0.255 e. The second kappa shape index (κ2) is 8.64. The second-order valence-corrected chi connectivity index (χ2v) is 9.33. The number of fused-ring (bicyclic) bond motifs is 1. The van der Waals surface area contributed by atoms with Gasteiger partial charge in [0.25, 0.3) is 5.56 Å². The quantitative estimate of drug-likeness (QED) is 0.543. The summed E-state index contributed by atoms with van der Waals surface area (Å²) >= 11 is 6.42. The molecule has 1 fully saturated rings. The van der Waals surface area contributed by atoms with E-state index in [1.54, 1.807) is 12.3 Å². The van der Waals surface area contributed by atoms with Crippen molar-refractivity contribution in [3.05, 3.63) is 75.4 Å². The second-order valence-electron chi connectivity index (χ2n) is 8.93. The Bertz CT molecular complexity index is 1120. The maximum atomic E-state index is 13.5. The van der Waals surface area contributed by atoms with Gasteiger partial charge in [0, 0.05) is 23.0 Å². The summed E-state index contributed by atoms with van der Waals surface area (Å²) in [6.45, 7) is 4.27. The fourth-order valence-corrected chi connectivity index (χ4v) is 5.13. The van der Waals surface area contributed by atoms with Crippen LogP contribution in [-0.2, 0) is 5.41 Å². The van der Waals surface area contributed by atoms with Crippen LogP contribution in [0.4, 0.5) is 4.39 Å². The van der Waals surface area contributed by atoms with E-state index in [2.05, 4.69) is 18.8 Å². The number of aromatic amines is 1. The molecule has 1 aliphatic rings. The monoisotopic (exact) mass is 442 g/mol. The summed E-state index contributed by atoms with van der Waals surface area (Å²) < 4.78 is 19.8. The molecule has 0 bridgehead atoms. The van der Waals surface area contributed by atoms with E-state index in [-0.39, 0.29) is 28.9 Å². The van der Waals surface area contributed by atoms with Crippen LogP contribution in [0.5, 0.6) is 5.75 Å². The Labute approximate surface area is 186 Å². The fourth-order valence-electron chi connectivity index (χ4n) is 4.92. The SMILES string of the molecule is CC(C)[C@H](N)C1(c2ccc(F)cc2)CCC(Oc2cc3cc[nH]c(=O)c3cc2Cl)CC1. The Morgan fingerprint density at radius 3 is 2.48 bits per heavy atom. The number of halogens is 2. The number of nitrogens with two attached hydrogens (primary N) is 1. The first-order valence-electron chi connectivity index (χ1n) is 10.8. The Hall–Kier alpha value is -2.37. The predicted octanol–water partition coefficient (Wildman–Crippen LogP) is 5.56. The normalized spacial score (nSPS) is 22.6. The molecule has 0 radical (unpaired) electrons. The van der Waals surface area contributed by atoms with Crippen LogP contribution in [0.1, 0.15) is 45.1 Å². The van der Waals surface area contributed by atoms with Crippen molar-refractivity contribution in [2.75, 3.05) is 0 Å². The molecule has 1 aliphatic carbocycles. The number of H-pyrrole nitrogens is 1. The first kappa shape index (κ1) is 21.8. The highest BCUT2D eigenvalue weighted by atomic mass is 35.5. The zero-order valence-corrected chi connectivity index (χ0v) is 18.6. The summed E-state index contributed by atoms with van der Waals surface area (Å²) in [7, 11) is 0. The molecule has 3 aromatic rings. The van der Waals surface area contributed by atoms with E-state index in [0.29, 0.717) is 22.1 Å². The third-order valence-corrected chi connectivity index (χ3v) is 7.02. The van der Waals surface area contributed by atoms with Gasteiger partial charge in [0.2, 0.25) is 0 Å². The molecule has 0 amide bonds. The molecule has 4 nitrogen and oxygen atoms in total. The van der Waals surface area contributed by atoms with Crippen molar-refractivity contribution in [1.82, 2.24) is 4.98 Å². The molecule has 0 unspecified atom stereocenters. The van der Waals surface area contributed by atoms with Crippen LogP contribution in [0.15, 0.2) is 53.5 Å². The van der Waals surface area contributed by atoms with Crippen LogP contribution in [0.2, 0.25) is 5.02 Å². The predicted molar refractivity (Wildman–Crippen MR) is 123 cm³/mol. The minimum atomic E-state index is -0.237. The number of hydrogen-bond donors (Lipinski definition) is 2. The van der Waals surface area contributed by atoms with E-state index >= 15 is 0 Å². The van der Waals surface area contributed by atoms with Gasteiger partial charge in [-0.15, -0.1) is 0 Å². The van der Waals surface area contributed by atoms with Crippen molar-refractivity contribution < 1.29 is 9.13 Å². The summed E-state index contributed by atoms with van der Waals surface area (Å²) in [5, 5.41) is 1.77. The lowest BCUT2D eigenvalue weighted by Crippen LogP contribution is -2.51. The van der Waals surface area contributed by atoms with Gasteiger partial charge in [-0.05, 0) is 72.9 Å². The van der Waals surface area contributed by atoms with Gasteiger partial charge in [-0.25, -0.2) is 4.39 Å². The summed E-state index contributed by atoms with van der Waals surface area (Å²) in [6, 6.07) is 12.1. The van der Waals surface area contributed by atoms with Gasteiger partial charge in [0.05, 0.1) is 11.1 Å². The molecule has 2 aromatic carbocycles. The van der Waals surface area contributed by atoms with Crippen LogP contribution in [0, 0.1) is 11.7 Å². The molecule has 1 saturated carbocycles.